The second-order valence-electron chi connectivity index (χ2n) is 20.7. The molecule has 0 unspecified atom stereocenters. The molecule has 0 aliphatic heterocycles. The van der Waals surface area contributed by atoms with Crippen LogP contribution < -0.4 is 31.1 Å². The minimum Gasteiger partial charge on any atom is -0.310 e. The van der Waals surface area contributed by atoms with Crippen LogP contribution in [0.4, 0.5) is 51.2 Å². The number of aryl methyl sites for hydroxylation is 3. The number of hydrogen-bond donors (Lipinski definition) is 0. The summed E-state index contributed by atoms with van der Waals surface area (Å²) < 4.78 is 0. The van der Waals surface area contributed by atoms with E-state index in [-0.39, 0.29) is 6.71 Å². The summed E-state index contributed by atoms with van der Waals surface area (Å²) in [7, 11) is 0. The molecule has 0 fully saturated rings. The lowest BCUT2D eigenvalue weighted by Gasteiger charge is -2.37. The second-order valence-corrected chi connectivity index (χ2v) is 20.7. The summed E-state index contributed by atoms with van der Waals surface area (Å²) in [4.78, 5) is 7.47. The average molecular weight is 954 g/mol. The van der Waals surface area contributed by atoms with Crippen molar-refractivity contribution in [3.63, 3.8) is 0 Å². The van der Waals surface area contributed by atoms with E-state index in [0.717, 1.165) is 34.1 Å². The smallest absolute Gasteiger partial charge is 0.243 e. The van der Waals surface area contributed by atoms with Crippen LogP contribution in [0.3, 0.4) is 0 Å². The van der Waals surface area contributed by atoms with Gasteiger partial charge < -0.3 is 14.7 Å². The minimum absolute atomic E-state index is 0.0817. The molecule has 0 radical (unpaired) electrons. The summed E-state index contributed by atoms with van der Waals surface area (Å²) in [6, 6.07) is 59.6. The third kappa shape index (κ3) is 9.07. The molecule has 4 heteroatoms. The van der Waals surface area contributed by atoms with Gasteiger partial charge in [-0.3, -0.25) is 0 Å². The minimum atomic E-state index is -0.0817. The quantitative estimate of drug-likeness (QED) is 0.113. The van der Waals surface area contributed by atoms with Crippen molar-refractivity contribution in [3.8, 4) is 0 Å². The van der Waals surface area contributed by atoms with E-state index < -0.39 is 0 Å². The van der Waals surface area contributed by atoms with Gasteiger partial charge in [-0.15, -0.1) is 0 Å². The molecule has 366 valence electrons. The molecule has 0 amide bonds. The predicted molar refractivity (Wildman–Crippen MR) is 319 cm³/mol. The van der Waals surface area contributed by atoms with Crippen molar-refractivity contribution in [1.82, 2.24) is 0 Å². The lowest BCUT2D eigenvalue weighted by Crippen LogP contribution is -2.58. The van der Waals surface area contributed by atoms with E-state index >= 15 is 0 Å². The standard InChI is InChI=1S/C69H72BN3/c1-43-28-25-37-61(40-43)71(58-31-19-16-20-32-58)67-52(10)46(4)64(47(5)53(67)11)70(65-48(6)54(12)68(55(13)49(65)7)72(59-33-21-17-22-34-59)62-38-26-29-44(2)41-62)66-50(8)56(14)69(57(15)51(66)9)73(60-35-23-18-24-36-60)63-39-27-30-45(3)42-63/h16-42H,1-15H3. The third-order valence-electron chi connectivity index (χ3n) is 16.3. The van der Waals surface area contributed by atoms with Crippen LogP contribution in [0.15, 0.2) is 164 Å². The number of para-hydroxylation sites is 3. The van der Waals surface area contributed by atoms with Gasteiger partial charge in [-0.1, -0.05) is 141 Å². The Morgan fingerprint density at radius 1 is 0.219 bits per heavy atom. The van der Waals surface area contributed by atoms with E-state index in [1.54, 1.807) is 0 Å². The zero-order valence-corrected chi connectivity index (χ0v) is 46.0. The van der Waals surface area contributed by atoms with Crippen LogP contribution in [0.25, 0.3) is 0 Å². The zero-order valence-electron chi connectivity index (χ0n) is 46.0. The largest absolute Gasteiger partial charge is 0.310 e. The first-order valence-corrected chi connectivity index (χ1v) is 26.1. The molecule has 0 atom stereocenters. The highest BCUT2D eigenvalue weighted by Gasteiger charge is 2.37. The molecular weight excluding hydrogens is 882 g/mol. The Bertz CT molecular complexity index is 3060. The van der Waals surface area contributed by atoms with Crippen molar-refractivity contribution in [2.45, 2.75) is 104 Å². The maximum Gasteiger partial charge on any atom is 0.243 e. The first-order chi connectivity index (χ1) is 35.0. The number of hydrogen-bond acceptors (Lipinski definition) is 3. The van der Waals surface area contributed by atoms with Gasteiger partial charge >= 0.3 is 0 Å². The van der Waals surface area contributed by atoms with E-state index in [4.69, 9.17) is 0 Å². The highest BCUT2D eigenvalue weighted by molar-refractivity contribution is 6.97. The summed E-state index contributed by atoms with van der Waals surface area (Å²) in [5.74, 6) is 0. The molecule has 9 aromatic rings. The van der Waals surface area contributed by atoms with Gasteiger partial charge in [0.05, 0.1) is 17.1 Å². The van der Waals surface area contributed by atoms with Crippen LogP contribution in [0.2, 0.25) is 0 Å². The van der Waals surface area contributed by atoms with E-state index in [0.29, 0.717) is 0 Å². The first kappa shape index (κ1) is 50.4. The van der Waals surface area contributed by atoms with E-state index in [1.165, 1.54) is 117 Å². The Kier molecular flexibility index (Phi) is 14.2. The molecule has 9 aromatic carbocycles. The van der Waals surface area contributed by atoms with Crippen LogP contribution >= 0.6 is 0 Å². The Balaban J connectivity index is 1.38. The van der Waals surface area contributed by atoms with Crippen LogP contribution in [0, 0.1) is 104 Å². The summed E-state index contributed by atoms with van der Waals surface area (Å²) in [5.41, 5.74) is 34.2. The van der Waals surface area contributed by atoms with Gasteiger partial charge in [0, 0.05) is 34.1 Å². The number of benzene rings is 9. The monoisotopic (exact) mass is 954 g/mol. The highest BCUT2D eigenvalue weighted by Crippen LogP contribution is 2.45. The van der Waals surface area contributed by atoms with Gasteiger partial charge in [-0.2, -0.15) is 0 Å². The van der Waals surface area contributed by atoms with E-state index in [2.05, 4.69) is 282 Å². The zero-order chi connectivity index (χ0) is 52.0. The van der Waals surface area contributed by atoms with Gasteiger partial charge in [0.15, 0.2) is 0 Å². The fourth-order valence-electron chi connectivity index (χ4n) is 12.0. The van der Waals surface area contributed by atoms with Crippen molar-refractivity contribution < 1.29 is 0 Å². The Morgan fingerprint density at radius 2 is 0.425 bits per heavy atom. The maximum absolute atomic E-state index is 2.49. The van der Waals surface area contributed by atoms with Crippen LogP contribution in [0.5, 0.6) is 0 Å². The maximum atomic E-state index is 2.49. The summed E-state index contributed by atoms with van der Waals surface area (Å²) in [5, 5.41) is 0. The molecule has 0 spiro atoms. The molecular formula is C69H72BN3. The molecule has 0 saturated heterocycles. The molecule has 9 rings (SSSR count). The number of nitrogens with zero attached hydrogens (tertiary/aromatic N) is 3. The Morgan fingerprint density at radius 3 is 0.630 bits per heavy atom. The first-order valence-electron chi connectivity index (χ1n) is 26.1. The van der Waals surface area contributed by atoms with Gasteiger partial charge in [0.25, 0.3) is 0 Å². The Labute approximate surface area is 437 Å². The van der Waals surface area contributed by atoms with Crippen molar-refractivity contribution in [2.24, 2.45) is 0 Å². The lowest BCUT2D eigenvalue weighted by molar-refractivity contribution is 1.17. The highest BCUT2D eigenvalue weighted by atomic mass is 15.2. The fraction of sp³-hybridized carbons (Fsp3) is 0.217. The van der Waals surface area contributed by atoms with E-state index in [9.17, 15) is 0 Å². The normalized spacial score (nSPS) is 11.2. The lowest BCUT2D eigenvalue weighted by atomic mass is 9.32. The topological polar surface area (TPSA) is 9.72 Å². The van der Waals surface area contributed by atoms with Gasteiger partial charge in [0.2, 0.25) is 6.71 Å². The fourth-order valence-corrected chi connectivity index (χ4v) is 12.0. The molecule has 0 saturated carbocycles. The summed E-state index contributed by atoms with van der Waals surface area (Å²) in [6.07, 6.45) is 0. The summed E-state index contributed by atoms with van der Waals surface area (Å²) in [6.45, 7) is 35.0. The second kappa shape index (κ2) is 20.5. The molecule has 0 N–H and O–H groups in total. The predicted octanol–water partition coefficient (Wildman–Crippen LogP) is 17.2. The van der Waals surface area contributed by atoms with Crippen molar-refractivity contribution in [3.05, 3.63) is 247 Å². The summed E-state index contributed by atoms with van der Waals surface area (Å²) >= 11 is 0. The molecule has 73 heavy (non-hydrogen) atoms. The van der Waals surface area contributed by atoms with E-state index in [1.807, 2.05) is 0 Å². The third-order valence-corrected chi connectivity index (χ3v) is 16.3. The van der Waals surface area contributed by atoms with Crippen LogP contribution in [0.1, 0.15) is 83.5 Å². The Hall–Kier alpha value is -7.56. The van der Waals surface area contributed by atoms with Gasteiger partial charge in [0.1, 0.15) is 0 Å². The van der Waals surface area contributed by atoms with Crippen LogP contribution in [-0.2, 0) is 0 Å². The molecule has 0 aromatic heterocycles. The number of rotatable bonds is 12. The van der Waals surface area contributed by atoms with Crippen molar-refractivity contribution in [2.75, 3.05) is 14.7 Å². The van der Waals surface area contributed by atoms with Crippen molar-refractivity contribution >= 4 is 74.3 Å². The van der Waals surface area contributed by atoms with Crippen molar-refractivity contribution in [1.29, 1.82) is 0 Å². The van der Waals surface area contributed by atoms with Gasteiger partial charge in [-0.25, -0.2) is 0 Å². The molecule has 0 aliphatic carbocycles. The SMILES string of the molecule is Cc1cccc(N(c2ccccc2)c2c(C)c(C)c(B(c3c(C)c(C)c(N(c4ccccc4)c4cccc(C)c4)c(C)c3C)c3c(C)c(C)c(N(c4ccccc4)c4cccc(C)c4)c(C)c3C)c(C)c2C)c1. The molecule has 0 aliphatic rings. The molecule has 0 heterocycles. The van der Waals surface area contributed by atoms with Gasteiger partial charge in [-0.05, 0) is 227 Å². The number of anilines is 9. The average Bonchev–Trinajstić information content (AvgIpc) is 3.39. The molecule has 0 bridgehead atoms. The molecule has 3 nitrogen and oxygen atoms in total. The van der Waals surface area contributed by atoms with Crippen LogP contribution in [-0.4, -0.2) is 6.71 Å².